The molecule has 3 heteroatoms. The molecule has 0 saturated heterocycles. The number of hydrogen-bond donors (Lipinski definition) is 0. The molecule has 0 spiro atoms. The molecule has 1 aliphatic rings. The van der Waals surface area contributed by atoms with Gasteiger partial charge in [0.15, 0.2) is 5.78 Å². The van der Waals surface area contributed by atoms with Gasteiger partial charge in [-0.2, -0.15) is 0 Å². The highest BCUT2D eigenvalue weighted by Crippen LogP contribution is 2.44. The van der Waals surface area contributed by atoms with Crippen LogP contribution in [-0.2, 0) is 11.3 Å². The fraction of sp³-hybridized carbons (Fsp3) is 0.440. The van der Waals surface area contributed by atoms with Gasteiger partial charge >= 0.3 is 0 Å². The van der Waals surface area contributed by atoms with Gasteiger partial charge in [-0.25, -0.2) is 4.98 Å². The maximum Gasteiger partial charge on any atom is 0.152 e. The second-order valence-corrected chi connectivity index (χ2v) is 8.58. The molecular formula is C25H34N2O. The van der Waals surface area contributed by atoms with E-state index in [2.05, 4.69) is 55.5 Å². The van der Waals surface area contributed by atoms with Crippen LogP contribution >= 0.6 is 0 Å². The fourth-order valence-corrected chi connectivity index (χ4v) is 3.87. The van der Waals surface area contributed by atoms with Crippen LogP contribution in [0.25, 0.3) is 0 Å². The molecule has 1 heterocycles. The molecule has 28 heavy (non-hydrogen) atoms. The predicted molar refractivity (Wildman–Crippen MR) is 118 cm³/mol. The van der Waals surface area contributed by atoms with E-state index in [0.29, 0.717) is 5.92 Å². The van der Waals surface area contributed by atoms with Crippen LogP contribution in [0.2, 0.25) is 0 Å². The predicted octanol–water partition coefficient (Wildman–Crippen LogP) is 6.23. The van der Waals surface area contributed by atoms with E-state index in [-0.39, 0.29) is 11.2 Å². The molecule has 0 aliphatic heterocycles. The Kier molecular flexibility index (Phi) is 7.56. The standard InChI is InChI=1S/C25H34N2O/c1-19(8-7-9-20(2)16-21(3)28)10-11-24-22(4)23(12-13-25(24,5)6)17-27-15-14-26-18-27/h7-11,14-16,18,23H,12-13,17H2,1-6H3. The van der Waals surface area contributed by atoms with Crippen LogP contribution in [-0.4, -0.2) is 15.3 Å². The van der Waals surface area contributed by atoms with Gasteiger partial charge < -0.3 is 4.57 Å². The van der Waals surface area contributed by atoms with E-state index in [4.69, 9.17) is 0 Å². The van der Waals surface area contributed by atoms with Crippen LogP contribution in [0.1, 0.15) is 54.4 Å². The van der Waals surface area contributed by atoms with E-state index in [1.165, 1.54) is 29.6 Å². The Hall–Kier alpha value is -2.42. The molecule has 150 valence electrons. The minimum atomic E-state index is 0.0786. The summed E-state index contributed by atoms with van der Waals surface area (Å²) < 4.78 is 2.18. The van der Waals surface area contributed by atoms with Crippen molar-refractivity contribution >= 4 is 5.78 Å². The maximum atomic E-state index is 11.1. The molecule has 0 aromatic carbocycles. The first-order valence-electron chi connectivity index (χ1n) is 10.1. The van der Waals surface area contributed by atoms with E-state index in [1.807, 2.05) is 37.8 Å². The molecule has 0 amide bonds. The van der Waals surface area contributed by atoms with Gasteiger partial charge in [0.2, 0.25) is 0 Å². The minimum Gasteiger partial charge on any atom is -0.337 e. The molecule has 1 atom stereocenters. The Labute approximate surface area is 170 Å². The maximum absolute atomic E-state index is 11.1. The number of aromatic nitrogens is 2. The topological polar surface area (TPSA) is 34.9 Å². The van der Waals surface area contributed by atoms with Crippen molar-refractivity contribution in [3.63, 3.8) is 0 Å². The summed E-state index contributed by atoms with van der Waals surface area (Å²) in [4.78, 5) is 15.3. The smallest absolute Gasteiger partial charge is 0.152 e. The summed E-state index contributed by atoms with van der Waals surface area (Å²) >= 11 is 0. The number of carbonyl (C=O) groups excluding carboxylic acids is 1. The normalized spacial score (nSPS) is 21.1. The highest BCUT2D eigenvalue weighted by atomic mass is 16.1. The zero-order valence-corrected chi connectivity index (χ0v) is 18.2. The number of nitrogens with zero attached hydrogens (tertiary/aromatic N) is 2. The third kappa shape index (κ3) is 6.33. The van der Waals surface area contributed by atoms with Gasteiger partial charge in [0.05, 0.1) is 6.33 Å². The number of ketones is 1. The summed E-state index contributed by atoms with van der Waals surface area (Å²) in [7, 11) is 0. The van der Waals surface area contributed by atoms with Gasteiger partial charge in [-0.15, -0.1) is 0 Å². The van der Waals surface area contributed by atoms with E-state index in [1.54, 1.807) is 13.0 Å². The van der Waals surface area contributed by atoms with Crippen molar-refractivity contribution in [2.45, 2.75) is 60.9 Å². The van der Waals surface area contributed by atoms with Crippen molar-refractivity contribution in [2.75, 3.05) is 0 Å². The van der Waals surface area contributed by atoms with Crippen molar-refractivity contribution in [1.29, 1.82) is 0 Å². The first-order chi connectivity index (χ1) is 13.2. The zero-order valence-electron chi connectivity index (χ0n) is 18.2. The van der Waals surface area contributed by atoms with Crippen molar-refractivity contribution in [3.8, 4) is 0 Å². The molecule has 0 radical (unpaired) electrons. The molecule has 1 aromatic heterocycles. The summed E-state index contributed by atoms with van der Waals surface area (Å²) in [5.74, 6) is 0.639. The SMILES string of the molecule is CC(=O)C=C(C)C=CC=C(C)C=CC1=C(C)C(Cn2ccnc2)CCC1(C)C. The van der Waals surface area contributed by atoms with Crippen LogP contribution in [0.15, 0.2) is 77.5 Å². The Morgan fingerprint density at radius 1 is 1.25 bits per heavy atom. The lowest BCUT2D eigenvalue weighted by Gasteiger charge is -2.37. The van der Waals surface area contributed by atoms with E-state index >= 15 is 0 Å². The summed E-state index contributed by atoms with van der Waals surface area (Å²) in [6.07, 6.45) is 20.4. The molecule has 0 fully saturated rings. The zero-order chi connectivity index (χ0) is 20.7. The fourth-order valence-electron chi connectivity index (χ4n) is 3.87. The van der Waals surface area contributed by atoms with Gasteiger partial charge in [0.25, 0.3) is 0 Å². The Bertz CT molecular complexity index is 830. The van der Waals surface area contributed by atoms with Gasteiger partial charge in [0.1, 0.15) is 0 Å². The van der Waals surface area contributed by atoms with Crippen LogP contribution in [0.5, 0.6) is 0 Å². The average Bonchev–Trinajstić information content (AvgIpc) is 3.09. The Morgan fingerprint density at radius 3 is 2.64 bits per heavy atom. The lowest BCUT2D eigenvalue weighted by atomic mass is 9.68. The third-order valence-corrected chi connectivity index (χ3v) is 5.54. The van der Waals surface area contributed by atoms with Gasteiger partial charge in [0, 0.05) is 18.9 Å². The molecule has 1 unspecified atom stereocenters. The first-order valence-corrected chi connectivity index (χ1v) is 10.1. The third-order valence-electron chi connectivity index (χ3n) is 5.54. The molecule has 1 aromatic rings. The highest BCUT2D eigenvalue weighted by Gasteiger charge is 2.31. The number of hydrogen-bond acceptors (Lipinski definition) is 2. The number of imidazole rings is 1. The lowest BCUT2D eigenvalue weighted by molar-refractivity contribution is -0.112. The average molecular weight is 379 g/mol. The Balaban J connectivity index is 2.16. The van der Waals surface area contributed by atoms with Gasteiger partial charge in [-0.1, -0.05) is 55.4 Å². The molecular weight excluding hydrogens is 344 g/mol. The van der Waals surface area contributed by atoms with E-state index in [0.717, 1.165) is 12.1 Å². The monoisotopic (exact) mass is 378 g/mol. The molecule has 0 saturated carbocycles. The summed E-state index contributed by atoms with van der Waals surface area (Å²) in [5.41, 5.74) is 5.30. The summed E-state index contributed by atoms with van der Waals surface area (Å²) in [5, 5.41) is 0. The van der Waals surface area contributed by atoms with Crippen molar-refractivity contribution in [3.05, 3.63) is 77.5 Å². The second-order valence-electron chi connectivity index (χ2n) is 8.58. The van der Waals surface area contributed by atoms with Crippen molar-refractivity contribution in [2.24, 2.45) is 11.3 Å². The van der Waals surface area contributed by atoms with Crippen molar-refractivity contribution in [1.82, 2.24) is 9.55 Å². The minimum absolute atomic E-state index is 0.0786. The quantitative estimate of drug-likeness (QED) is 0.416. The van der Waals surface area contributed by atoms with Crippen LogP contribution in [0, 0.1) is 11.3 Å². The van der Waals surface area contributed by atoms with Crippen LogP contribution < -0.4 is 0 Å². The molecule has 0 bridgehead atoms. The largest absolute Gasteiger partial charge is 0.337 e. The molecule has 3 nitrogen and oxygen atoms in total. The number of allylic oxidation sites excluding steroid dienone is 10. The first kappa shape index (κ1) is 21.9. The molecule has 0 N–H and O–H groups in total. The molecule has 1 aliphatic carbocycles. The lowest BCUT2D eigenvalue weighted by Crippen LogP contribution is -2.26. The van der Waals surface area contributed by atoms with Crippen LogP contribution in [0.4, 0.5) is 0 Å². The second kappa shape index (κ2) is 9.68. The van der Waals surface area contributed by atoms with E-state index in [9.17, 15) is 4.79 Å². The van der Waals surface area contributed by atoms with Crippen molar-refractivity contribution < 1.29 is 4.79 Å². The van der Waals surface area contributed by atoms with Gasteiger partial charge in [-0.3, -0.25) is 4.79 Å². The number of rotatable bonds is 7. The summed E-state index contributed by atoms with van der Waals surface area (Å²) in [6, 6.07) is 0. The molecule has 2 rings (SSSR count). The number of carbonyl (C=O) groups is 1. The van der Waals surface area contributed by atoms with E-state index < -0.39 is 0 Å². The summed E-state index contributed by atoms with van der Waals surface area (Å²) in [6.45, 7) is 13.6. The van der Waals surface area contributed by atoms with Gasteiger partial charge in [-0.05, 0) is 69.1 Å². The highest BCUT2D eigenvalue weighted by molar-refractivity contribution is 5.88. The van der Waals surface area contributed by atoms with Crippen LogP contribution in [0.3, 0.4) is 0 Å². The Morgan fingerprint density at radius 2 is 2.00 bits per heavy atom.